The monoisotopic (exact) mass is 419 g/mol. The average Bonchev–Trinajstić information content (AvgIpc) is 3.06. The summed E-state index contributed by atoms with van der Waals surface area (Å²) in [6.45, 7) is 4.05. The fourth-order valence-electron chi connectivity index (χ4n) is 2.81. The molecule has 0 bridgehead atoms. The van der Waals surface area contributed by atoms with Crippen LogP contribution in [0.3, 0.4) is 0 Å². The van der Waals surface area contributed by atoms with Crippen molar-refractivity contribution in [3.05, 3.63) is 29.0 Å². The number of aromatic nitrogens is 3. The first kappa shape index (κ1) is 22.9. The number of benzene rings is 1. The van der Waals surface area contributed by atoms with Crippen LogP contribution in [0.25, 0.3) is 11.0 Å². The predicted octanol–water partition coefficient (Wildman–Crippen LogP) is 0.516. The number of hydrogen-bond acceptors (Lipinski definition) is 2. The van der Waals surface area contributed by atoms with Crippen molar-refractivity contribution < 1.29 is 35.1 Å². The van der Waals surface area contributed by atoms with Crippen LogP contribution in [0, 0.1) is 12.1 Å². The van der Waals surface area contributed by atoms with E-state index in [1.807, 2.05) is 43.8 Å². The number of hydrogen-bond donors (Lipinski definition) is 0. The molecule has 13 heteroatoms. The molecule has 0 saturated carbocycles. The molecule has 2 aromatic rings. The van der Waals surface area contributed by atoms with Crippen molar-refractivity contribution in [2.45, 2.75) is 19.8 Å². The number of halogens is 6. The van der Waals surface area contributed by atoms with Gasteiger partial charge in [0.2, 0.25) is 11.0 Å². The Labute approximate surface area is 151 Å². The smallest absolute Gasteiger partial charge is 1.00 e. The zero-order chi connectivity index (χ0) is 19.7. The van der Waals surface area contributed by atoms with Gasteiger partial charge in [-0.2, -0.15) is 0 Å². The molecular weight excluding hydrogens is 399 g/mol. The molecule has 1 aromatic heterocycles. The number of aryl methyl sites for hydroxylation is 1. The second kappa shape index (κ2) is 7.87. The summed E-state index contributed by atoms with van der Waals surface area (Å²) in [6, 6.07) is 5.78. The molecule has 6 nitrogen and oxygen atoms in total. The largest absolute Gasteiger partial charge is 1.00 e. The minimum absolute atomic E-state index is 0. The van der Waals surface area contributed by atoms with E-state index in [4.69, 9.17) is 0 Å². The summed E-state index contributed by atoms with van der Waals surface area (Å²) in [4.78, 5) is 2.99. The zero-order valence-electron chi connectivity index (χ0n) is 14.9. The Morgan fingerprint density at radius 2 is 1.67 bits per heavy atom. The van der Waals surface area contributed by atoms with Gasteiger partial charge < -0.3 is 9.91 Å². The molecule has 1 saturated heterocycles. The molecule has 0 N–H and O–H groups in total. The maximum Gasteiger partial charge on any atom is -1.00 e. The van der Waals surface area contributed by atoms with Gasteiger partial charge in [-0.25, -0.2) is 0 Å². The van der Waals surface area contributed by atoms with E-state index < -0.39 is 8.16 Å². The first-order valence-electron chi connectivity index (χ1n) is 7.81. The third kappa shape index (κ3) is 6.53. The third-order valence-corrected chi connectivity index (χ3v) is 3.71. The van der Waals surface area contributed by atoms with Crippen LogP contribution in [0.1, 0.15) is 18.4 Å². The van der Waals surface area contributed by atoms with E-state index in [0.29, 0.717) is 10.4 Å². The van der Waals surface area contributed by atoms with Gasteiger partial charge in [-0.3, -0.25) is 9.48 Å². The summed E-state index contributed by atoms with van der Waals surface area (Å²) in [5.41, 5.74) is 2.59. The van der Waals surface area contributed by atoms with Crippen molar-refractivity contribution in [1.82, 2.24) is 14.8 Å². The van der Waals surface area contributed by atoms with Gasteiger partial charge in [-0.15, -0.1) is 4.85 Å². The van der Waals surface area contributed by atoms with E-state index in [2.05, 4.69) is 10.1 Å². The first-order chi connectivity index (χ1) is 11.8. The van der Waals surface area contributed by atoms with Crippen LogP contribution in [0.5, 0.6) is 0 Å². The minimum atomic E-state index is -8.55. The quantitative estimate of drug-likeness (QED) is 0.156. The molecule has 1 aromatic carbocycles. The van der Waals surface area contributed by atoms with E-state index >= 15 is 0 Å². The van der Waals surface area contributed by atoms with Gasteiger partial charge in [0.25, 0.3) is 0 Å². The van der Waals surface area contributed by atoms with Gasteiger partial charge in [0.1, 0.15) is 5.21 Å². The second-order valence-corrected chi connectivity index (χ2v) is 7.47. The Bertz CT molecular complexity index is 821. The molecule has 0 unspecified atom stereocenters. The van der Waals surface area contributed by atoms with Crippen LogP contribution in [-0.2, 0) is 0 Å². The Hall–Kier alpha value is -2.10. The standard InChI is InChI=1S/C14H20N5O.F5P.FH/c1-11-6-7-12-13(10-11)18(15-19(12)20)14(16(2)3)17-8-4-5-9-17;1-6(2,3,4)5;/h6-7,10H,4-5,8-9H2,1-3H3;;1H/q+1;;/p-1. The Kier molecular flexibility index (Phi) is 6.69. The van der Waals surface area contributed by atoms with Crippen molar-refractivity contribution in [2.75, 3.05) is 27.2 Å². The molecule has 0 radical (unpaired) electrons. The molecule has 154 valence electrons. The van der Waals surface area contributed by atoms with Crippen LogP contribution >= 0.6 is 8.16 Å². The maximum atomic E-state index is 12.0. The molecule has 27 heavy (non-hydrogen) atoms. The fraction of sp³-hybridized carbons (Fsp3) is 0.500. The first-order valence-corrected chi connectivity index (χ1v) is 9.50. The number of likely N-dealkylation sites (tertiary alicyclic amines) is 1. The molecule has 1 aliphatic heterocycles. The van der Waals surface area contributed by atoms with Crippen LogP contribution in [-0.4, -0.2) is 52.5 Å². The van der Waals surface area contributed by atoms with Gasteiger partial charge in [0, 0.05) is 0 Å². The molecule has 1 fully saturated rings. The van der Waals surface area contributed by atoms with E-state index in [1.165, 1.54) is 12.8 Å². The van der Waals surface area contributed by atoms with E-state index in [1.54, 1.807) is 4.68 Å². The summed E-state index contributed by atoms with van der Waals surface area (Å²) >= 11 is 0. The molecule has 2 heterocycles. The summed E-state index contributed by atoms with van der Waals surface area (Å²) < 4.78 is 53.0. The van der Waals surface area contributed by atoms with E-state index in [0.717, 1.165) is 30.1 Å². The van der Waals surface area contributed by atoms with Crippen LogP contribution < -0.4 is 9.55 Å². The van der Waals surface area contributed by atoms with Gasteiger partial charge in [-0.1, -0.05) is 6.07 Å². The maximum absolute atomic E-state index is 12.0. The summed E-state index contributed by atoms with van der Waals surface area (Å²) in [6.07, 6.45) is 2.37. The molecule has 1 aliphatic rings. The second-order valence-electron chi connectivity index (χ2n) is 6.19. The number of nitrogens with zero attached hydrogens (tertiary/aromatic N) is 5. The fourth-order valence-corrected chi connectivity index (χ4v) is 2.81. The Morgan fingerprint density at radius 1 is 1.15 bits per heavy atom. The van der Waals surface area contributed by atoms with Crippen LogP contribution in [0.15, 0.2) is 18.2 Å². The summed E-state index contributed by atoms with van der Waals surface area (Å²) in [7, 11) is -4.57. The normalized spacial score (nSPS) is 15.4. The van der Waals surface area contributed by atoms with Gasteiger partial charge >= 0.3 is 35.1 Å². The van der Waals surface area contributed by atoms with Gasteiger partial charge in [0.05, 0.1) is 27.2 Å². The molecular formula is C14H20F6N5OP. The minimum Gasteiger partial charge on any atom is -1.00 e. The van der Waals surface area contributed by atoms with Crippen LogP contribution in [0.4, 0.5) is 21.0 Å². The number of rotatable bonds is 0. The topological polar surface area (TPSA) is 51.0 Å². The van der Waals surface area contributed by atoms with Crippen LogP contribution in [0.2, 0.25) is 0 Å². The Morgan fingerprint density at radius 3 is 2.15 bits per heavy atom. The predicted molar refractivity (Wildman–Crippen MR) is 89.2 cm³/mol. The van der Waals surface area contributed by atoms with Crippen molar-refractivity contribution >= 4 is 25.1 Å². The molecule has 3 rings (SSSR count). The van der Waals surface area contributed by atoms with Crippen molar-refractivity contribution in [3.63, 3.8) is 0 Å². The molecule has 0 atom stereocenters. The molecule has 0 amide bonds. The van der Waals surface area contributed by atoms with Crippen molar-refractivity contribution in [2.24, 2.45) is 0 Å². The number of fused-ring (bicyclic) bond motifs is 1. The van der Waals surface area contributed by atoms with E-state index in [9.17, 15) is 26.2 Å². The molecule has 0 spiro atoms. The van der Waals surface area contributed by atoms with Gasteiger partial charge in [-0.05, 0) is 42.1 Å². The zero-order valence-corrected chi connectivity index (χ0v) is 15.8. The SMILES string of the molecule is Cc1ccc2c(c1)n(C(N1CCCC1)=[N+](C)C)n[n+]2[O-].FP(F)(F)(F)F.[F-]. The summed E-state index contributed by atoms with van der Waals surface area (Å²) in [5.74, 6) is 0.965. The summed E-state index contributed by atoms with van der Waals surface area (Å²) in [5, 5.41) is 16.1. The average molecular weight is 419 g/mol. The van der Waals surface area contributed by atoms with Crippen molar-refractivity contribution in [1.29, 1.82) is 0 Å². The van der Waals surface area contributed by atoms with Gasteiger partial charge in [0.15, 0.2) is 0 Å². The molecule has 0 aliphatic carbocycles. The van der Waals surface area contributed by atoms with Crippen molar-refractivity contribution in [3.8, 4) is 0 Å². The Balaban J connectivity index is 0.000000456. The van der Waals surface area contributed by atoms with E-state index in [-0.39, 0.29) is 4.70 Å². The third-order valence-electron chi connectivity index (χ3n) is 3.71.